The Morgan fingerprint density at radius 3 is 2.18 bits per heavy atom. The molecule has 0 aliphatic rings. The molecule has 38 heavy (non-hydrogen) atoms. The third-order valence-electron chi connectivity index (χ3n) is 8.36. The van der Waals surface area contributed by atoms with Crippen LogP contribution in [0.25, 0.3) is 86.0 Å². The predicted octanol–water partition coefficient (Wildman–Crippen LogP) is 9.63. The Morgan fingerprint density at radius 1 is 0.500 bits per heavy atom. The summed E-state index contributed by atoms with van der Waals surface area (Å²) in [5.74, 6) is 0. The molecule has 0 fully saturated rings. The number of aromatic nitrogens is 3. The maximum Gasteiger partial charge on any atom is 0.0804 e. The molecule has 1 N–H and O–H groups in total. The van der Waals surface area contributed by atoms with Crippen molar-refractivity contribution in [3.05, 3.63) is 109 Å². The van der Waals surface area contributed by atoms with E-state index in [1.807, 2.05) is 11.3 Å². The Labute approximate surface area is 220 Å². The van der Waals surface area contributed by atoms with Gasteiger partial charge in [-0.3, -0.25) is 0 Å². The molecule has 0 saturated heterocycles. The lowest BCUT2D eigenvalue weighted by Gasteiger charge is -2.08. The van der Waals surface area contributed by atoms with Gasteiger partial charge in [0.25, 0.3) is 0 Å². The first-order valence-electron chi connectivity index (χ1n) is 13.0. The van der Waals surface area contributed by atoms with E-state index in [9.17, 15) is 0 Å². The van der Waals surface area contributed by atoms with Crippen molar-refractivity contribution in [1.29, 1.82) is 0 Å². The van der Waals surface area contributed by atoms with Crippen LogP contribution in [0.1, 0.15) is 0 Å². The Hall–Kier alpha value is -4.80. The van der Waals surface area contributed by atoms with E-state index in [2.05, 4.69) is 123 Å². The summed E-state index contributed by atoms with van der Waals surface area (Å²) in [6.07, 6.45) is 0. The lowest BCUT2D eigenvalue weighted by molar-refractivity contribution is 1.18. The first kappa shape index (κ1) is 19.3. The third-order valence-corrected chi connectivity index (χ3v) is 9.56. The minimum absolute atomic E-state index is 1.18. The largest absolute Gasteiger partial charge is 0.354 e. The van der Waals surface area contributed by atoms with E-state index < -0.39 is 0 Å². The lowest BCUT2D eigenvalue weighted by Crippen LogP contribution is -1.93. The number of thiophene rings is 1. The van der Waals surface area contributed by atoms with E-state index in [-0.39, 0.29) is 0 Å². The first-order chi connectivity index (χ1) is 18.9. The lowest BCUT2D eigenvalue weighted by atomic mass is 10.1. The third kappa shape index (κ3) is 2.11. The molecule has 0 atom stereocenters. The van der Waals surface area contributed by atoms with Crippen LogP contribution in [-0.2, 0) is 0 Å². The van der Waals surface area contributed by atoms with Crippen molar-refractivity contribution in [3.8, 4) is 5.69 Å². The standard InChI is InChI=1S/C34H19N3S/c1-2-9-19(10-3-1)36-26-15-6-4-11-20(26)31-32(36)22-13-8-14-24-28(22)29-25(35-24)18-17-23-30(29)37(31)33-21-12-5-7-16-27(21)38-34(23)33/h1-18,35H. The van der Waals surface area contributed by atoms with Gasteiger partial charge >= 0.3 is 0 Å². The molecule has 0 bridgehead atoms. The summed E-state index contributed by atoms with van der Waals surface area (Å²) < 4.78 is 7.75. The number of nitrogens with one attached hydrogen (secondary N) is 1. The van der Waals surface area contributed by atoms with E-state index >= 15 is 0 Å². The minimum Gasteiger partial charge on any atom is -0.354 e. The molecule has 4 heteroatoms. The molecule has 3 nitrogen and oxygen atoms in total. The molecule has 0 aliphatic carbocycles. The molecule has 5 aromatic carbocycles. The van der Waals surface area contributed by atoms with Gasteiger partial charge in [0.2, 0.25) is 0 Å². The van der Waals surface area contributed by atoms with Crippen molar-refractivity contribution in [2.75, 3.05) is 0 Å². The Bertz CT molecular complexity index is 2550. The number of hydrogen-bond donors (Lipinski definition) is 1. The monoisotopic (exact) mass is 501 g/mol. The molecule has 0 saturated carbocycles. The van der Waals surface area contributed by atoms with Crippen molar-refractivity contribution >= 4 is 91.7 Å². The van der Waals surface area contributed by atoms with Crippen LogP contribution in [0.3, 0.4) is 0 Å². The summed E-state index contributed by atoms with van der Waals surface area (Å²) in [7, 11) is 0. The van der Waals surface area contributed by atoms with E-state index in [4.69, 9.17) is 0 Å². The van der Waals surface area contributed by atoms with Crippen molar-refractivity contribution in [2.24, 2.45) is 0 Å². The summed E-state index contributed by atoms with van der Waals surface area (Å²) in [6, 6.07) is 39.9. The van der Waals surface area contributed by atoms with E-state index in [1.165, 1.54) is 86.0 Å². The maximum absolute atomic E-state index is 3.75. The number of nitrogens with zero attached hydrogens (tertiary/aromatic N) is 2. The van der Waals surface area contributed by atoms with Gasteiger partial charge in [-0.15, -0.1) is 11.3 Å². The molecular weight excluding hydrogens is 482 g/mol. The highest BCUT2D eigenvalue weighted by atomic mass is 32.1. The van der Waals surface area contributed by atoms with E-state index in [0.717, 1.165) is 0 Å². The molecule has 10 rings (SSSR count). The zero-order valence-electron chi connectivity index (χ0n) is 20.2. The molecule has 10 aromatic rings. The van der Waals surface area contributed by atoms with E-state index in [1.54, 1.807) is 0 Å². The second-order valence-electron chi connectivity index (χ2n) is 10.2. The van der Waals surface area contributed by atoms with Crippen LogP contribution in [0.15, 0.2) is 109 Å². The highest BCUT2D eigenvalue weighted by Crippen LogP contribution is 2.48. The maximum atomic E-state index is 3.75. The fourth-order valence-corrected chi connectivity index (χ4v) is 8.16. The zero-order valence-corrected chi connectivity index (χ0v) is 21.0. The quantitative estimate of drug-likeness (QED) is 0.232. The van der Waals surface area contributed by atoms with Gasteiger partial charge in [-0.25, -0.2) is 0 Å². The predicted molar refractivity (Wildman–Crippen MR) is 163 cm³/mol. The number of H-pyrrole nitrogens is 1. The summed E-state index contributed by atoms with van der Waals surface area (Å²) in [5.41, 5.74) is 9.91. The number of aromatic amines is 1. The van der Waals surface area contributed by atoms with Crippen molar-refractivity contribution in [3.63, 3.8) is 0 Å². The fourth-order valence-electron chi connectivity index (χ4n) is 6.95. The molecule has 0 aliphatic heterocycles. The molecule has 0 amide bonds. The van der Waals surface area contributed by atoms with Gasteiger partial charge in [0.1, 0.15) is 0 Å². The number of benzene rings is 5. The van der Waals surface area contributed by atoms with Gasteiger partial charge < -0.3 is 14.0 Å². The minimum atomic E-state index is 1.18. The van der Waals surface area contributed by atoms with Gasteiger partial charge in [-0.1, -0.05) is 66.7 Å². The van der Waals surface area contributed by atoms with E-state index in [0.29, 0.717) is 0 Å². The normalized spacial score (nSPS) is 12.7. The zero-order chi connectivity index (χ0) is 24.5. The molecule has 176 valence electrons. The van der Waals surface area contributed by atoms with Gasteiger partial charge in [-0.05, 0) is 42.5 Å². The highest BCUT2D eigenvalue weighted by Gasteiger charge is 2.25. The van der Waals surface area contributed by atoms with Crippen molar-refractivity contribution in [2.45, 2.75) is 0 Å². The molecule has 5 heterocycles. The molecule has 0 spiro atoms. The number of para-hydroxylation sites is 2. The van der Waals surface area contributed by atoms with Crippen LogP contribution < -0.4 is 0 Å². The Morgan fingerprint density at radius 2 is 1.26 bits per heavy atom. The van der Waals surface area contributed by atoms with Gasteiger partial charge in [0.05, 0.1) is 32.3 Å². The van der Waals surface area contributed by atoms with Crippen LogP contribution in [0.4, 0.5) is 0 Å². The summed E-state index contributed by atoms with van der Waals surface area (Å²) in [5, 5.41) is 7.81. The molecule has 0 unspecified atom stereocenters. The second-order valence-corrected chi connectivity index (χ2v) is 11.3. The van der Waals surface area contributed by atoms with Crippen molar-refractivity contribution in [1.82, 2.24) is 14.0 Å². The summed E-state index contributed by atoms with van der Waals surface area (Å²) in [6.45, 7) is 0. The van der Waals surface area contributed by atoms with Gasteiger partial charge in [0.15, 0.2) is 0 Å². The van der Waals surface area contributed by atoms with Crippen LogP contribution in [-0.4, -0.2) is 14.0 Å². The first-order valence-corrected chi connectivity index (χ1v) is 13.8. The summed E-state index contributed by atoms with van der Waals surface area (Å²) in [4.78, 5) is 3.75. The fraction of sp³-hybridized carbons (Fsp3) is 0. The van der Waals surface area contributed by atoms with Gasteiger partial charge in [0, 0.05) is 53.7 Å². The number of hydrogen-bond acceptors (Lipinski definition) is 1. The van der Waals surface area contributed by atoms with Crippen LogP contribution in [0.5, 0.6) is 0 Å². The SMILES string of the molecule is c1ccc(-n2c3ccccc3c3c2c2cccc4[nH]c5ccc6c7sc8ccccc8c7n3c6c5c42)cc1. The van der Waals surface area contributed by atoms with Crippen LogP contribution in [0.2, 0.25) is 0 Å². The average Bonchev–Trinajstić information content (AvgIpc) is 3.68. The van der Waals surface area contributed by atoms with Crippen molar-refractivity contribution < 1.29 is 0 Å². The number of rotatable bonds is 1. The second kappa shape index (κ2) is 6.55. The van der Waals surface area contributed by atoms with Crippen LogP contribution >= 0.6 is 11.3 Å². The topological polar surface area (TPSA) is 25.1 Å². The van der Waals surface area contributed by atoms with Gasteiger partial charge in [-0.2, -0.15) is 0 Å². The Kier molecular flexibility index (Phi) is 3.33. The van der Waals surface area contributed by atoms with Crippen LogP contribution in [0, 0.1) is 0 Å². The Balaban J connectivity index is 1.69. The molecular formula is C34H19N3S. The highest BCUT2D eigenvalue weighted by molar-refractivity contribution is 7.26. The number of fused-ring (bicyclic) bond motifs is 10. The summed E-state index contributed by atoms with van der Waals surface area (Å²) >= 11 is 1.91. The molecule has 5 aromatic heterocycles. The average molecular weight is 502 g/mol. The smallest absolute Gasteiger partial charge is 0.0804 e. The molecule has 0 radical (unpaired) electrons.